The molecule has 20 heavy (non-hydrogen) atoms. The van der Waals surface area contributed by atoms with Crippen molar-refractivity contribution in [2.24, 2.45) is 0 Å². The number of hydrogen-bond acceptors (Lipinski definition) is 2. The Morgan fingerprint density at radius 1 is 1.20 bits per heavy atom. The van der Waals surface area contributed by atoms with Crippen LogP contribution >= 0.6 is 11.6 Å². The molecule has 0 aliphatic carbocycles. The average molecular weight is 294 g/mol. The lowest BCUT2D eigenvalue weighted by molar-refractivity contribution is 0.0697. The third-order valence-corrected chi connectivity index (χ3v) is 3.48. The van der Waals surface area contributed by atoms with E-state index in [1.54, 1.807) is 32.0 Å². The van der Waals surface area contributed by atoms with Gasteiger partial charge >= 0.3 is 5.97 Å². The van der Waals surface area contributed by atoms with Crippen LogP contribution in [0.5, 0.6) is 0 Å². The number of aromatic carboxylic acids is 1. The fourth-order valence-electron chi connectivity index (χ4n) is 1.98. The second-order valence-electron chi connectivity index (χ2n) is 4.48. The standard InChI is InChI=1S/C15H13ClFNO2/c1-8-7-10(17)3-5-12(8)18-13-6-4-11(16)9(2)14(13)15(19)20/h3-7,18H,1-2H3,(H,19,20). The molecule has 0 spiro atoms. The molecule has 0 bridgehead atoms. The van der Waals surface area contributed by atoms with Gasteiger partial charge in [-0.15, -0.1) is 0 Å². The van der Waals surface area contributed by atoms with Crippen molar-refractivity contribution in [3.8, 4) is 0 Å². The molecule has 0 aromatic heterocycles. The van der Waals surface area contributed by atoms with E-state index < -0.39 is 5.97 Å². The minimum absolute atomic E-state index is 0.112. The number of carbonyl (C=O) groups is 1. The number of anilines is 2. The van der Waals surface area contributed by atoms with E-state index >= 15 is 0 Å². The van der Waals surface area contributed by atoms with E-state index in [9.17, 15) is 14.3 Å². The molecule has 0 atom stereocenters. The zero-order chi connectivity index (χ0) is 14.9. The van der Waals surface area contributed by atoms with Crippen LogP contribution in [-0.4, -0.2) is 11.1 Å². The molecular weight excluding hydrogens is 281 g/mol. The van der Waals surface area contributed by atoms with Crippen LogP contribution < -0.4 is 5.32 Å². The van der Waals surface area contributed by atoms with Crippen LogP contribution in [0.2, 0.25) is 5.02 Å². The van der Waals surface area contributed by atoms with Crippen LogP contribution in [0.3, 0.4) is 0 Å². The van der Waals surface area contributed by atoms with Crippen LogP contribution in [0.25, 0.3) is 0 Å². The van der Waals surface area contributed by atoms with Gasteiger partial charge in [0.25, 0.3) is 0 Å². The van der Waals surface area contributed by atoms with Gasteiger partial charge in [0.15, 0.2) is 0 Å². The van der Waals surface area contributed by atoms with Gasteiger partial charge in [0.1, 0.15) is 5.82 Å². The van der Waals surface area contributed by atoms with E-state index in [1.807, 2.05) is 0 Å². The third kappa shape index (κ3) is 2.75. The smallest absolute Gasteiger partial charge is 0.338 e. The Hall–Kier alpha value is -2.07. The fraction of sp³-hybridized carbons (Fsp3) is 0.133. The third-order valence-electron chi connectivity index (χ3n) is 3.07. The molecule has 104 valence electrons. The van der Waals surface area contributed by atoms with Gasteiger partial charge < -0.3 is 10.4 Å². The first kappa shape index (κ1) is 14.3. The summed E-state index contributed by atoms with van der Waals surface area (Å²) < 4.78 is 13.1. The highest BCUT2D eigenvalue weighted by molar-refractivity contribution is 6.32. The largest absolute Gasteiger partial charge is 0.478 e. The zero-order valence-electron chi connectivity index (χ0n) is 11.0. The van der Waals surface area contributed by atoms with Crippen molar-refractivity contribution >= 4 is 28.9 Å². The lowest BCUT2D eigenvalue weighted by Crippen LogP contribution is -2.06. The summed E-state index contributed by atoms with van der Waals surface area (Å²) in [6, 6.07) is 7.50. The first-order chi connectivity index (χ1) is 9.40. The maximum absolute atomic E-state index is 13.1. The molecule has 3 nitrogen and oxygen atoms in total. The maximum atomic E-state index is 13.1. The Morgan fingerprint density at radius 3 is 2.45 bits per heavy atom. The van der Waals surface area contributed by atoms with E-state index in [4.69, 9.17) is 11.6 Å². The Balaban J connectivity index is 2.48. The van der Waals surface area contributed by atoms with E-state index in [2.05, 4.69) is 5.32 Å². The Labute approximate surface area is 121 Å². The molecule has 2 aromatic rings. The summed E-state index contributed by atoms with van der Waals surface area (Å²) in [6.07, 6.45) is 0. The molecule has 2 rings (SSSR count). The van der Waals surface area contributed by atoms with Crippen molar-refractivity contribution in [2.45, 2.75) is 13.8 Å². The summed E-state index contributed by atoms with van der Waals surface area (Å²) in [5.41, 5.74) is 2.36. The van der Waals surface area contributed by atoms with E-state index in [0.717, 1.165) is 0 Å². The molecule has 0 aliphatic heterocycles. The molecule has 0 heterocycles. The minimum Gasteiger partial charge on any atom is -0.478 e. The molecule has 2 aromatic carbocycles. The van der Waals surface area contributed by atoms with Crippen LogP contribution in [0.15, 0.2) is 30.3 Å². The molecule has 0 unspecified atom stereocenters. The predicted octanol–water partition coefficient (Wildman–Crippen LogP) is 4.54. The molecule has 0 saturated carbocycles. The highest BCUT2D eigenvalue weighted by Gasteiger charge is 2.16. The molecule has 0 saturated heterocycles. The monoisotopic (exact) mass is 293 g/mol. The fourth-order valence-corrected chi connectivity index (χ4v) is 2.14. The molecule has 0 fully saturated rings. The highest BCUT2D eigenvalue weighted by atomic mass is 35.5. The molecular formula is C15H13ClFNO2. The van der Waals surface area contributed by atoms with Gasteiger partial charge in [0.05, 0.1) is 11.3 Å². The summed E-state index contributed by atoms with van der Waals surface area (Å²) in [6.45, 7) is 3.39. The number of hydrogen-bond donors (Lipinski definition) is 2. The second kappa shape index (κ2) is 5.51. The number of aryl methyl sites for hydroxylation is 1. The summed E-state index contributed by atoms with van der Waals surface area (Å²) in [4.78, 5) is 11.4. The summed E-state index contributed by atoms with van der Waals surface area (Å²) in [5.74, 6) is -1.40. The summed E-state index contributed by atoms with van der Waals surface area (Å²) >= 11 is 5.94. The number of rotatable bonds is 3. The number of nitrogens with one attached hydrogen (secondary N) is 1. The van der Waals surface area contributed by atoms with E-state index in [0.29, 0.717) is 27.5 Å². The van der Waals surface area contributed by atoms with Crippen LogP contribution in [0.1, 0.15) is 21.5 Å². The van der Waals surface area contributed by atoms with Crippen molar-refractivity contribution in [3.63, 3.8) is 0 Å². The minimum atomic E-state index is -1.06. The van der Waals surface area contributed by atoms with Crippen LogP contribution in [0.4, 0.5) is 15.8 Å². The summed E-state index contributed by atoms with van der Waals surface area (Å²) in [7, 11) is 0. The lowest BCUT2D eigenvalue weighted by atomic mass is 10.1. The Morgan fingerprint density at radius 2 is 1.85 bits per heavy atom. The second-order valence-corrected chi connectivity index (χ2v) is 4.89. The Bertz CT molecular complexity index is 686. The quantitative estimate of drug-likeness (QED) is 0.873. The first-order valence-electron chi connectivity index (χ1n) is 5.95. The van der Waals surface area contributed by atoms with Crippen molar-refractivity contribution < 1.29 is 14.3 Å². The van der Waals surface area contributed by atoms with Gasteiger partial charge in [-0.3, -0.25) is 0 Å². The molecule has 0 radical (unpaired) electrons. The van der Waals surface area contributed by atoms with Gasteiger partial charge in [0.2, 0.25) is 0 Å². The number of halogens is 2. The van der Waals surface area contributed by atoms with Crippen molar-refractivity contribution in [1.82, 2.24) is 0 Å². The molecule has 0 amide bonds. The van der Waals surface area contributed by atoms with Crippen molar-refractivity contribution in [2.75, 3.05) is 5.32 Å². The van der Waals surface area contributed by atoms with Gasteiger partial charge in [-0.2, -0.15) is 0 Å². The SMILES string of the molecule is Cc1cc(F)ccc1Nc1ccc(Cl)c(C)c1C(=O)O. The van der Waals surface area contributed by atoms with Crippen molar-refractivity contribution in [1.29, 1.82) is 0 Å². The molecule has 5 heteroatoms. The predicted molar refractivity (Wildman–Crippen MR) is 77.6 cm³/mol. The maximum Gasteiger partial charge on any atom is 0.338 e. The van der Waals surface area contributed by atoms with Gasteiger partial charge in [0, 0.05) is 10.7 Å². The van der Waals surface area contributed by atoms with Gasteiger partial charge in [-0.25, -0.2) is 9.18 Å². The topological polar surface area (TPSA) is 49.3 Å². The summed E-state index contributed by atoms with van der Waals surface area (Å²) in [5, 5.41) is 12.7. The molecule has 2 N–H and O–H groups in total. The normalized spacial score (nSPS) is 10.4. The Kier molecular flexibility index (Phi) is 3.95. The zero-order valence-corrected chi connectivity index (χ0v) is 11.8. The average Bonchev–Trinajstić information content (AvgIpc) is 2.36. The lowest BCUT2D eigenvalue weighted by Gasteiger charge is -2.14. The number of carboxylic acid groups (broad SMARTS) is 1. The van der Waals surface area contributed by atoms with Gasteiger partial charge in [-0.1, -0.05) is 11.6 Å². The highest BCUT2D eigenvalue weighted by Crippen LogP contribution is 2.30. The van der Waals surface area contributed by atoms with Crippen LogP contribution in [-0.2, 0) is 0 Å². The molecule has 0 aliphatic rings. The van der Waals surface area contributed by atoms with E-state index in [-0.39, 0.29) is 11.4 Å². The van der Waals surface area contributed by atoms with E-state index in [1.165, 1.54) is 12.1 Å². The number of carboxylic acids is 1. The van der Waals surface area contributed by atoms with Crippen LogP contribution in [0, 0.1) is 19.7 Å². The number of benzene rings is 2. The van der Waals surface area contributed by atoms with Gasteiger partial charge in [-0.05, 0) is 55.3 Å². The van der Waals surface area contributed by atoms with Crippen molar-refractivity contribution in [3.05, 3.63) is 57.9 Å². The first-order valence-corrected chi connectivity index (χ1v) is 6.33.